The molecule has 0 aliphatic heterocycles. The second-order valence-corrected chi connectivity index (χ2v) is 6.51. The van der Waals surface area contributed by atoms with E-state index in [-0.39, 0.29) is 5.75 Å². The zero-order chi connectivity index (χ0) is 14.3. The molecule has 2 N–H and O–H groups in total. The van der Waals surface area contributed by atoms with Crippen LogP contribution < -0.4 is 10.0 Å². The zero-order valence-corrected chi connectivity index (χ0v) is 12.8. The molecule has 0 radical (unpaired) electrons. The van der Waals surface area contributed by atoms with Gasteiger partial charge in [0, 0.05) is 25.4 Å². The highest BCUT2D eigenvalue weighted by Gasteiger charge is 2.12. The van der Waals surface area contributed by atoms with Crippen molar-refractivity contribution in [1.29, 1.82) is 0 Å². The third-order valence-corrected chi connectivity index (χ3v) is 4.31. The average Bonchev–Trinajstić information content (AvgIpc) is 2.73. The number of hydrogen-bond donors (Lipinski definition) is 2. The molecule has 19 heavy (non-hydrogen) atoms. The monoisotopic (exact) mass is 288 g/mol. The lowest BCUT2D eigenvalue weighted by Gasteiger charge is -2.06. The predicted molar refractivity (Wildman–Crippen MR) is 76.4 cm³/mol. The molecule has 0 aromatic carbocycles. The number of sulfonamides is 1. The van der Waals surface area contributed by atoms with Crippen LogP contribution in [0.1, 0.15) is 31.0 Å². The molecule has 0 atom stereocenters. The summed E-state index contributed by atoms with van der Waals surface area (Å²) in [6.07, 6.45) is 4.21. The van der Waals surface area contributed by atoms with Crippen LogP contribution in [-0.2, 0) is 30.0 Å². The van der Waals surface area contributed by atoms with Crippen molar-refractivity contribution >= 4 is 10.0 Å². The molecule has 1 heterocycles. The summed E-state index contributed by atoms with van der Waals surface area (Å²) in [5.41, 5.74) is 1.89. The molecule has 0 unspecified atom stereocenters. The van der Waals surface area contributed by atoms with E-state index in [0.29, 0.717) is 13.0 Å². The molecule has 0 saturated carbocycles. The Balaban J connectivity index is 2.45. The molecule has 1 aromatic rings. The van der Waals surface area contributed by atoms with Gasteiger partial charge in [0.05, 0.1) is 11.4 Å². The summed E-state index contributed by atoms with van der Waals surface area (Å²) in [6.45, 7) is 3.18. The normalized spacial score (nSPS) is 11.9. The summed E-state index contributed by atoms with van der Waals surface area (Å²) in [6, 6.07) is 0. The maximum Gasteiger partial charge on any atom is 0.211 e. The van der Waals surface area contributed by atoms with Gasteiger partial charge < -0.3 is 5.32 Å². The fraction of sp³-hybridized carbons (Fsp3) is 0.750. The SMILES string of the molecule is CCc1nn(C)cc1CNS(=O)(=O)CCCCNC. The van der Waals surface area contributed by atoms with E-state index in [1.807, 2.05) is 27.2 Å². The number of unbranched alkanes of at least 4 members (excludes halogenated alkanes) is 1. The van der Waals surface area contributed by atoms with Gasteiger partial charge >= 0.3 is 0 Å². The van der Waals surface area contributed by atoms with Gasteiger partial charge in [0.1, 0.15) is 0 Å². The van der Waals surface area contributed by atoms with Crippen LogP contribution in [0.4, 0.5) is 0 Å². The number of rotatable bonds is 9. The van der Waals surface area contributed by atoms with Crippen LogP contribution in [0.3, 0.4) is 0 Å². The van der Waals surface area contributed by atoms with E-state index in [4.69, 9.17) is 0 Å². The topological polar surface area (TPSA) is 76.0 Å². The van der Waals surface area contributed by atoms with Crippen molar-refractivity contribution in [1.82, 2.24) is 19.8 Å². The molecule has 0 aliphatic rings. The van der Waals surface area contributed by atoms with Crippen LogP contribution in [0.5, 0.6) is 0 Å². The van der Waals surface area contributed by atoms with Gasteiger partial charge in [-0.25, -0.2) is 13.1 Å². The Morgan fingerprint density at radius 2 is 2.11 bits per heavy atom. The number of nitrogens with one attached hydrogen (secondary N) is 2. The number of nitrogens with zero attached hydrogens (tertiary/aromatic N) is 2. The van der Waals surface area contributed by atoms with Crippen LogP contribution >= 0.6 is 0 Å². The molecule has 6 nitrogen and oxygen atoms in total. The van der Waals surface area contributed by atoms with E-state index < -0.39 is 10.0 Å². The van der Waals surface area contributed by atoms with Crippen LogP contribution in [-0.4, -0.2) is 37.5 Å². The van der Waals surface area contributed by atoms with Crippen molar-refractivity contribution < 1.29 is 8.42 Å². The minimum atomic E-state index is -3.19. The summed E-state index contributed by atoms with van der Waals surface area (Å²) in [7, 11) is 0.514. The van der Waals surface area contributed by atoms with Crippen molar-refractivity contribution in [2.75, 3.05) is 19.3 Å². The van der Waals surface area contributed by atoms with Crippen molar-refractivity contribution in [2.45, 2.75) is 32.7 Å². The first-order valence-electron chi connectivity index (χ1n) is 6.62. The van der Waals surface area contributed by atoms with E-state index >= 15 is 0 Å². The molecule has 0 saturated heterocycles. The zero-order valence-electron chi connectivity index (χ0n) is 11.9. The Labute approximate surface area is 115 Å². The Kier molecular flexibility index (Phi) is 6.47. The van der Waals surface area contributed by atoms with Crippen LogP contribution in [0.25, 0.3) is 0 Å². The number of aryl methyl sites for hydroxylation is 2. The predicted octanol–water partition coefficient (Wildman–Crippen LogP) is 0.402. The second-order valence-electron chi connectivity index (χ2n) is 4.58. The minimum absolute atomic E-state index is 0.177. The molecule has 7 heteroatoms. The molecular weight excluding hydrogens is 264 g/mol. The van der Waals surface area contributed by atoms with Crippen LogP contribution in [0, 0.1) is 0 Å². The van der Waals surface area contributed by atoms with Crippen LogP contribution in [0.2, 0.25) is 0 Å². The van der Waals surface area contributed by atoms with Gasteiger partial charge in [0.25, 0.3) is 0 Å². The first kappa shape index (κ1) is 16.1. The van der Waals surface area contributed by atoms with Crippen molar-refractivity contribution in [3.63, 3.8) is 0 Å². The molecule has 110 valence electrons. The Morgan fingerprint density at radius 3 is 2.74 bits per heavy atom. The summed E-state index contributed by atoms with van der Waals surface area (Å²) in [5, 5.41) is 7.29. The van der Waals surface area contributed by atoms with Gasteiger partial charge in [0.2, 0.25) is 10.0 Å². The highest BCUT2D eigenvalue weighted by Crippen LogP contribution is 2.07. The van der Waals surface area contributed by atoms with Crippen LogP contribution in [0.15, 0.2) is 6.20 Å². The highest BCUT2D eigenvalue weighted by atomic mass is 32.2. The quantitative estimate of drug-likeness (QED) is 0.645. The molecule has 0 spiro atoms. The molecule has 0 bridgehead atoms. The van der Waals surface area contributed by atoms with Gasteiger partial charge in [0.15, 0.2) is 0 Å². The molecule has 0 aliphatic carbocycles. The maximum atomic E-state index is 11.8. The Bertz CT molecular complexity index is 482. The Morgan fingerprint density at radius 1 is 1.37 bits per heavy atom. The summed E-state index contributed by atoms with van der Waals surface area (Å²) < 4.78 is 28.0. The van der Waals surface area contributed by atoms with Gasteiger partial charge in [-0.05, 0) is 32.9 Å². The first-order chi connectivity index (χ1) is 8.98. The van der Waals surface area contributed by atoms with Crippen molar-refractivity contribution in [3.05, 3.63) is 17.5 Å². The summed E-state index contributed by atoms with van der Waals surface area (Å²) >= 11 is 0. The van der Waals surface area contributed by atoms with Gasteiger partial charge in [-0.1, -0.05) is 6.92 Å². The number of hydrogen-bond acceptors (Lipinski definition) is 4. The minimum Gasteiger partial charge on any atom is -0.320 e. The lowest BCUT2D eigenvalue weighted by atomic mass is 10.2. The summed E-state index contributed by atoms with van der Waals surface area (Å²) in [5.74, 6) is 0.177. The average molecular weight is 288 g/mol. The van der Waals surface area contributed by atoms with Gasteiger partial charge in [-0.3, -0.25) is 4.68 Å². The lowest BCUT2D eigenvalue weighted by Crippen LogP contribution is -2.26. The smallest absolute Gasteiger partial charge is 0.211 e. The molecule has 0 fully saturated rings. The molecular formula is C12H24N4O2S. The number of aromatic nitrogens is 2. The molecule has 1 aromatic heterocycles. The maximum absolute atomic E-state index is 11.8. The second kappa shape index (κ2) is 7.62. The van der Waals surface area contributed by atoms with E-state index in [1.54, 1.807) is 4.68 Å². The van der Waals surface area contributed by atoms with E-state index in [0.717, 1.165) is 30.6 Å². The fourth-order valence-corrected chi connectivity index (χ4v) is 2.99. The summed E-state index contributed by atoms with van der Waals surface area (Å²) in [4.78, 5) is 0. The van der Waals surface area contributed by atoms with Crippen molar-refractivity contribution in [3.8, 4) is 0 Å². The molecule has 0 amide bonds. The highest BCUT2D eigenvalue weighted by molar-refractivity contribution is 7.89. The Hall–Kier alpha value is -0.920. The van der Waals surface area contributed by atoms with E-state index in [2.05, 4.69) is 15.1 Å². The fourth-order valence-electron chi connectivity index (χ4n) is 1.88. The van der Waals surface area contributed by atoms with Crippen molar-refractivity contribution in [2.24, 2.45) is 7.05 Å². The largest absolute Gasteiger partial charge is 0.320 e. The molecule has 1 rings (SSSR count). The van der Waals surface area contributed by atoms with E-state index in [9.17, 15) is 8.42 Å². The van der Waals surface area contributed by atoms with Gasteiger partial charge in [-0.15, -0.1) is 0 Å². The third kappa shape index (κ3) is 5.71. The third-order valence-electron chi connectivity index (χ3n) is 2.90. The van der Waals surface area contributed by atoms with Gasteiger partial charge in [-0.2, -0.15) is 5.10 Å². The lowest BCUT2D eigenvalue weighted by molar-refractivity contribution is 0.575. The van der Waals surface area contributed by atoms with E-state index in [1.165, 1.54) is 0 Å². The first-order valence-corrected chi connectivity index (χ1v) is 8.27. The standard InChI is InChI=1S/C12H24N4O2S/c1-4-12-11(10-16(3)15-12)9-14-19(17,18)8-6-5-7-13-2/h10,13-14H,4-9H2,1-3H3.